The topological polar surface area (TPSA) is 644 Å². The molecule has 21 fully saturated rings. The monoisotopic (exact) mass is 1540 g/mol. The molecule has 21 aliphatic rings. The second-order valence-corrected chi connectivity index (χ2v) is 28.4. The van der Waals surface area contributed by atoms with E-state index in [9.17, 15) is 126 Å². The van der Waals surface area contributed by atoms with E-state index in [4.69, 9.17) is 71.1 Å². The van der Waals surface area contributed by atoms with Gasteiger partial charge in [-0.3, -0.25) is 19.2 Å². The number of thioether (sulfide) groups is 2. The van der Waals surface area contributed by atoms with Gasteiger partial charge in [-0.1, -0.05) is 0 Å². The zero-order valence-electron chi connectivity index (χ0n) is 55.8. The number of carboxylic acid groups (broad SMARTS) is 2. The summed E-state index contributed by atoms with van der Waals surface area (Å²) in [6, 6.07) is -1.18. The number of aliphatic hydroxyl groups is 19. The Morgan fingerprint density at radius 2 is 0.709 bits per heavy atom. The third-order valence-corrected chi connectivity index (χ3v) is 21.4. The van der Waals surface area contributed by atoms with Gasteiger partial charge in [0.2, 0.25) is 0 Å². The molecule has 41 nitrogen and oxygen atoms in total. The maximum Gasteiger partial charge on any atom is 0.321 e. The van der Waals surface area contributed by atoms with Gasteiger partial charge in [-0.15, -0.1) is 0 Å². The number of carbonyl (C=O) groups excluding carboxylic acids is 2. The normalized spacial score (nSPS) is 44.9. The summed E-state index contributed by atoms with van der Waals surface area (Å²) in [7, 11) is 1.35. The van der Waals surface area contributed by atoms with Crippen LogP contribution in [0.3, 0.4) is 0 Å². The van der Waals surface area contributed by atoms with Gasteiger partial charge in [0.25, 0.3) is 0 Å². The molecule has 21 rings (SSSR count). The number of carbonyl (C=O) groups is 4. The first-order valence-electron chi connectivity index (χ1n) is 33.6. The maximum absolute atomic E-state index is 13.0. The summed E-state index contributed by atoms with van der Waals surface area (Å²) in [5, 5.41) is 240. The highest BCUT2D eigenvalue weighted by molar-refractivity contribution is 7.99. The highest BCUT2D eigenvalue weighted by Crippen LogP contribution is 2.41. The number of aliphatic hydroxyl groups excluding tert-OH is 19. The van der Waals surface area contributed by atoms with Crippen LogP contribution in [0.1, 0.15) is 32.6 Å². The van der Waals surface area contributed by atoms with Gasteiger partial charge in [0, 0.05) is 54.8 Å². The molecule has 43 heteroatoms. The molecule has 0 spiro atoms. The predicted octanol–water partition coefficient (Wildman–Crippen LogP) is -12.4. The molecule has 20 saturated heterocycles. The van der Waals surface area contributed by atoms with E-state index in [0.717, 1.165) is 23.5 Å². The number of hydrogen-bond donors (Lipinski definition) is 22. The summed E-state index contributed by atoms with van der Waals surface area (Å²) in [6.45, 7) is -3.58. The molecule has 0 radical (unpaired) electrons. The number of ketones is 2. The minimum Gasteiger partial charge on any atom is -0.481 e. The van der Waals surface area contributed by atoms with E-state index >= 15 is 0 Å². The lowest BCUT2D eigenvalue weighted by Gasteiger charge is -2.50. The van der Waals surface area contributed by atoms with Crippen molar-refractivity contribution in [2.24, 2.45) is 11.8 Å². The fourth-order valence-corrected chi connectivity index (χ4v) is 15.5. The summed E-state index contributed by atoms with van der Waals surface area (Å²) in [5.74, 6) is -7.24. The Kier molecular flexibility index (Phi) is 33.5. The molecule has 1 aliphatic carbocycles. The van der Waals surface area contributed by atoms with Crippen LogP contribution >= 0.6 is 23.5 Å². The summed E-state index contributed by atoms with van der Waals surface area (Å²) in [6.07, 6.45) is -69.8. The van der Waals surface area contributed by atoms with Crippen LogP contribution in [-0.2, 0) is 90.2 Å². The molecule has 1 saturated carbocycles. The average molecular weight is 1540 g/mol. The van der Waals surface area contributed by atoms with Crippen LogP contribution in [0.15, 0.2) is 0 Å². The van der Waals surface area contributed by atoms with Crippen molar-refractivity contribution in [1.82, 2.24) is 5.32 Å². The van der Waals surface area contributed by atoms with E-state index in [0.29, 0.717) is 0 Å². The number of aliphatic carboxylic acids is 2. The fraction of sp³-hybridized carbons (Fsp3) is 0.933. The van der Waals surface area contributed by atoms with E-state index in [-0.39, 0.29) is 62.3 Å². The zero-order valence-corrected chi connectivity index (χ0v) is 57.5. The highest BCUT2D eigenvalue weighted by Gasteiger charge is 2.60. The Balaban J connectivity index is 1.08. The third-order valence-electron chi connectivity index (χ3n) is 19.1. The van der Waals surface area contributed by atoms with Gasteiger partial charge in [0.05, 0.1) is 83.2 Å². The van der Waals surface area contributed by atoms with E-state index in [1.54, 1.807) is 0 Å². The molecule has 20 heterocycles. The van der Waals surface area contributed by atoms with Crippen molar-refractivity contribution in [3.05, 3.63) is 0 Å². The van der Waals surface area contributed by atoms with Crippen LogP contribution in [0.4, 0.5) is 0 Å². The van der Waals surface area contributed by atoms with Crippen molar-refractivity contribution in [3.63, 3.8) is 0 Å². The number of ether oxygens (including phenoxy) is 15. The first kappa shape index (κ1) is 86.2. The second-order valence-electron chi connectivity index (χ2n) is 26.2. The van der Waals surface area contributed by atoms with Crippen LogP contribution in [0.25, 0.3) is 0 Å². The Morgan fingerprint density at radius 3 is 1.04 bits per heavy atom. The molecule has 0 aromatic rings. The Morgan fingerprint density at radius 1 is 0.388 bits per heavy atom. The first-order valence-corrected chi connectivity index (χ1v) is 35.9. The molecule has 14 unspecified atom stereocenters. The molecular formula is C60H99NO40S2. The van der Waals surface area contributed by atoms with Gasteiger partial charge >= 0.3 is 11.9 Å². The molecule has 0 aromatic heterocycles. The Bertz CT molecular complexity index is 2610. The second kappa shape index (κ2) is 40.0. The molecule has 20 aliphatic heterocycles. The molecule has 14 bridgehead atoms. The number of rotatable bonds is 27. The third kappa shape index (κ3) is 21.0. The van der Waals surface area contributed by atoms with Crippen LogP contribution in [0.5, 0.6) is 0 Å². The number of likely N-dealkylation sites (N-methyl/N-ethyl adjacent to an activating group) is 1. The average Bonchev–Trinajstić information content (AvgIpc) is 0.785. The lowest BCUT2D eigenvalue weighted by molar-refractivity contribution is -0.394. The number of Topliss-reactive ketones (excluding diaryl/α,β-unsaturated/α-hetero) is 2. The molecule has 22 N–H and O–H groups in total. The van der Waals surface area contributed by atoms with E-state index in [1.807, 2.05) is 0 Å². The lowest BCUT2D eigenvalue weighted by Crippen LogP contribution is -2.68. The molecular weight excluding hydrogens is 1440 g/mol. The minimum atomic E-state index is -2.29. The summed E-state index contributed by atoms with van der Waals surface area (Å²) >= 11 is 1.71. The van der Waals surface area contributed by atoms with Gasteiger partial charge in [-0.05, 0) is 20.4 Å². The van der Waals surface area contributed by atoms with E-state index < -0.39 is 296 Å². The van der Waals surface area contributed by atoms with Gasteiger partial charge in [-0.25, -0.2) is 0 Å². The number of carboxylic acids is 2. The Labute approximate surface area is 596 Å². The summed E-state index contributed by atoms with van der Waals surface area (Å²) in [4.78, 5) is 48.8. The minimum absolute atomic E-state index is 0.0729. The van der Waals surface area contributed by atoms with Gasteiger partial charge in [0.1, 0.15) is 164 Å². The highest BCUT2D eigenvalue weighted by atomic mass is 32.2. The lowest BCUT2D eigenvalue weighted by atomic mass is 9.80. The molecule has 37 atom stereocenters. The van der Waals surface area contributed by atoms with Crippen LogP contribution in [-0.4, -0.2) is 435 Å². The summed E-state index contributed by atoms with van der Waals surface area (Å²) < 4.78 is 88.1. The van der Waals surface area contributed by atoms with Crippen molar-refractivity contribution < 1.29 is 197 Å². The SMILES string of the molecule is CN[C@H](CSCC1O[C@@H]2O[C@@H]3C(CO)O[C@H](O[C@@H]4C(CO)O[C@H](O[C@@H]5C(CO)C[C@H](O[C@@H]6C(CSC[C@@H](CC(=O)CCOCCOCCC(C)=O)C(=O)O)O[C@H](O[C@@H]7C(CO)O[C@H](O[C@@H]8C(CO)O[C@H](O[C@H]1[C@H](O)C2O)C(O)[C@H]8O)C(O)[C@H]7O)C(O)[C@H]6O)C(O)[C@H]5O)C(O)[C@H]4O)C(O)[C@H]3O)C(=O)O. The Hall–Kier alpha value is -2.42. The van der Waals surface area contributed by atoms with Gasteiger partial charge < -0.3 is 184 Å². The smallest absolute Gasteiger partial charge is 0.321 e. The largest absolute Gasteiger partial charge is 0.481 e. The van der Waals surface area contributed by atoms with Crippen molar-refractivity contribution in [2.75, 3.05) is 89.5 Å². The fourth-order valence-electron chi connectivity index (χ4n) is 13.1. The van der Waals surface area contributed by atoms with Crippen molar-refractivity contribution in [2.45, 2.75) is 247 Å². The number of hydrogen-bond acceptors (Lipinski definition) is 41. The van der Waals surface area contributed by atoms with Crippen molar-refractivity contribution in [1.29, 1.82) is 0 Å². The zero-order chi connectivity index (χ0) is 75.4. The summed E-state index contributed by atoms with van der Waals surface area (Å²) in [5.41, 5.74) is 0. The molecule has 103 heavy (non-hydrogen) atoms. The van der Waals surface area contributed by atoms with Crippen LogP contribution in [0, 0.1) is 11.8 Å². The predicted molar refractivity (Wildman–Crippen MR) is 335 cm³/mol. The molecule has 596 valence electrons. The molecule has 0 aromatic carbocycles. The quantitative estimate of drug-likeness (QED) is 0.0340. The van der Waals surface area contributed by atoms with E-state index in [2.05, 4.69) is 5.32 Å². The number of nitrogens with one attached hydrogen (secondary N) is 1. The van der Waals surface area contributed by atoms with Gasteiger partial charge in [-0.2, -0.15) is 23.5 Å². The van der Waals surface area contributed by atoms with E-state index in [1.165, 1.54) is 14.0 Å². The standard InChI is InChI=1S/C60H99NO40S2/c1-20(67)3-5-87-7-8-88-6-4-23(68)9-22(53(83)84)16-102-18-30-51-38(75)44(81)59(94-30)99-49-28(14-65)91-57(41(78)35(49)72)98-48-27(13-64)93-58(43(80)37(48)74)101-52-31(19-103-17-24(61-2)54(85)86)95-60(45(82)39(52)76)100-50-29(15-66)92-56(42(79)36(50)73)97-47-26(12-63)90-55(40(77)34(47)71)96-46-21(11-62)10-25(89-51)32(69)33(46)70/h21-22,24-52,55-66,69-82H,3-19H2,1-2H3,(H,83,84)(H,85,86)/t21?,22-,24-,25+,26?,27?,28?,29?,30?,31?,32?,33-,34-,35-,36-,37-,38-,39-,40?,41?,42?,43?,44?,45?,46-,47-,48-,49-,50-,51-,52-,55-,56-,57-,58-,59-,60-/m1/s1. The van der Waals surface area contributed by atoms with Crippen molar-refractivity contribution >= 4 is 47.0 Å². The van der Waals surface area contributed by atoms with Crippen molar-refractivity contribution in [3.8, 4) is 0 Å². The first-order chi connectivity index (χ1) is 49.0. The van der Waals surface area contributed by atoms with Crippen LogP contribution < -0.4 is 5.32 Å². The van der Waals surface area contributed by atoms with Gasteiger partial charge in [0.15, 0.2) is 37.7 Å². The maximum atomic E-state index is 13.0. The molecule has 0 amide bonds. The van der Waals surface area contributed by atoms with Crippen LogP contribution in [0.2, 0.25) is 0 Å².